The Balaban J connectivity index is 1.66. The highest BCUT2D eigenvalue weighted by Crippen LogP contribution is 2.23. The molecule has 0 saturated heterocycles. The van der Waals surface area contributed by atoms with Crippen LogP contribution in [-0.2, 0) is 0 Å². The number of imidazole rings is 1. The zero-order chi connectivity index (χ0) is 13.9. The highest BCUT2D eigenvalue weighted by atomic mass is 32.1. The van der Waals surface area contributed by atoms with Crippen LogP contribution in [0.1, 0.15) is 32.6 Å². The van der Waals surface area contributed by atoms with Gasteiger partial charge in [0.1, 0.15) is 6.33 Å². The van der Waals surface area contributed by atoms with Gasteiger partial charge in [-0.15, -0.1) is 0 Å². The summed E-state index contributed by atoms with van der Waals surface area (Å²) in [5.41, 5.74) is 5.21. The minimum absolute atomic E-state index is 0.485. The summed E-state index contributed by atoms with van der Waals surface area (Å²) in [6.45, 7) is 2.30. The number of thiocarbonyl (C=S) groups is 1. The lowest BCUT2D eigenvalue weighted by molar-refractivity contribution is 0.309. The predicted octanol–water partition coefficient (Wildman–Crippen LogP) is 3.03. The molecule has 106 valence electrons. The zero-order valence-electron chi connectivity index (χ0n) is 11.7. The Morgan fingerprint density at radius 3 is 2.95 bits per heavy atom. The van der Waals surface area contributed by atoms with Crippen molar-refractivity contribution in [3.05, 3.63) is 30.6 Å². The maximum atomic E-state index is 5.43. The molecule has 0 radical (unpaired) electrons. The van der Waals surface area contributed by atoms with Crippen LogP contribution < -0.4 is 10.7 Å². The van der Waals surface area contributed by atoms with Crippen LogP contribution in [0.3, 0.4) is 0 Å². The van der Waals surface area contributed by atoms with E-state index in [9.17, 15) is 0 Å². The van der Waals surface area contributed by atoms with Crippen molar-refractivity contribution in [2.75, 3.05) is 5.43 Å². The molecule has 1 aliphatic rings. The van der Waals surface area contributed by atoms with Gasteiger partial charge < -0.3 is 5.32 Å². The van der Waals surface area contributed by atoms with Gasteiger partial charge in [0.15, 0.2) is 5.11 Å². The van der Waals surface area contributed by atoms with Gasteiger partial charge in [0, 0.05) is 6.04 Å². The molecular formula is C15H20N4S. The molecule has 4 nitrogen and oxygen atoms in total. The Labute approximate surface area is 124 Å². The minimum atomic E-state index is 0.485. The van der Waals surface area contributed by atoms with Crippen LogP contribution >= 0.6 is 12.2 Å². The summed E-state index contributed by atoms with van der Waals surface area (Å²) in [5.74, 6) is 0.683. The van der Waals surface area contributed by atoms with Crippen LogP contribution in [0.2, 0.25) is 0 Å². The van der Waals surface area contributed by atoms with E-state index in [-0.39, 0.29) is 0 Å². The van der Waals surface area contributed by atoms with Gasteiger partial charge in [-0.25, -0.2) is 9.66 Å². The van der Waals surface area contributed by atoms with E-state index in [0.29, 0.717) is 17.1 Å². The maximum Gasteiger partial charge on any atom is 0.185 e. The summed E-state index contributed by atoms with van der Waals surface area (Å²) in [6, 6.07) is 8.49. The van der Waals surface area contributed by atoms with Crippen LogP contribution in [0.25, 0.3) is 11.0 Å². The number of para-hydroxylation sites is 2. The first-order valence-electron chi connectivity index (χ1n) is 7.23. The van der Waals surface area contributed by atoms with E-state index in [1.807, 2.05) is 28.9 Å². The van der Waals surface area contributed by atoms with Crippen molar-refractivity contribution in [1.82, 2.24) is 15.0 Å². The molecule has 1 aromatic heterocycles. The summed E-state index contributed by atoms with van der Waals surface area (Å²) in [4.78, 5) is 4.35. The molecule has 20 heavy (non-hydrogen) atoms. The first-order valence-corrected chi connectivity index (χ1v) is 7.64. The molecular weight excluding hydrogens is 268 g/mol. The Bertz CT molecular complexity index is 607. The molecule has 1 heterocycles. The van der Waals surface area contributed by atoms with E-state index in [2.05, 4.69) is 22.7 Å². The van der Waals surface area contributed by atoms with Gasteiger partial charge in [0.05, 0.1) is 11.0 Å². The summed E-state index contributed by atoms with van der Waals surface area (Å²) >= 11 is 5.43. The van der Waals surface area contributed by atoms with Gasteiger partial charge in [0.2, 0.25) is 0 Å². The number of hydrogen-bond donors (Lipinski definition) is 2. The SMILES string of the molecule is C[C@H]1CCCC[C@H]1NC(=S)Nn1cnc2ccccc21. The van der Waals surface area contributed by atoms with Gasteiger partial charge in [-0.05, 0) is 43.1 Å². The fourth-order valence-electron chi connectivity index (χ4n) is 2.89. The summed E-state index contributed by atoms with van der Waals surface area (Å²) in [7, 11) is 0. The van der Waals surface area contributed by atoms with Crippen molar-refractivity contribution in [2.24, 2.45) is 5.92 Å². The molecule has 1 aromatic carbocycles. The van der Waals surface area contributed by atoms with Crippen LogP contribution in [0.4, 0.5) is 0 Å². The lowest BCUT2D eigenvalue weighted by Gasteiger charge is -2.30. The van der Waals surface area contributed by atoms with Gasteiger partial charge in [-0.1, -0.05) is 31.9 Å². The lowest BCUT2D eigenvalue weighted by Crippen LogP contribution is -2.44. The van der Waals surface area contributed by atoms with Gasteiger partial charge >= 0.3 is 0 Å². The first-order chi connectivity index (χ1) is 9.74. The smallest absolute Gasteiger partial charge is 0.185 e. The number of aromatic nitrogens is 2. The fourth-order valence-corrected chi connectivity index (χ4v) is 3.14. The van der Waals surface area contributed by atoms with Crippen molar-refractivity contribution >= 4 is 28.4 Å². The van der Waals surface area contributed by atoms with E-state index < -0.39 is 0 Å². The number of hydrogen-bond acceptors (Lipinski definition) is 2. The molecule has 3 rings (SSSR count). The Hall–Kier alpha value is -1.62. The lowest BCUT2D eigenvalue weighted by atomic mass is 9.86. The average Bonchev–Trinajstić information content (AvgIpc) is 2.85. The standard InChI is InChI=1S/C15H20N4S/c1-11-6-2-3-7-12(11)17-15(20)18-19-10-16-13-8-4-5-9-14(13)19/h4-5,8-12H,2-3,6-7H2,1H3,(H2,17,18,20)/t11-,12+/m0/s1. The highest BCUT2D eigenvalue weighted by Gasteiger charge is 2.21. The van der Waals surface area contributed by atoms with Gasteiger partial charge in [-0.2, -0.15) is 0 Å². The molecule has 2 N–H and O–H groups in total. The third kappa shape index (κ3) is 2.77. The molecule has 1 aliphatic carbocycles. The number of nitrogens with zero attached hydrogens (tertiary/aromatic N) is 2. The second kappa shape index (κ2) is 5.79. The second-order valence-corrected chi connectivity index (χ2v) is 5.97. The van der Waals surface area contributed by atoms with E-state index in [0.717, 1.165) is 11.0 Å². The summed E-state index contributed by atoms with van der Waals surface area (Å²) in [5, 5.41) is 4.12. The second-order valence-electron chi connectivity index (χ2n) is 5.56. The highest BCUT2D eigenvalue weighted by molar-refractivity contribution is 7.80. The average molecular weight is 288 g/mol. The maximum absolute atomic E-state index is 5.43. The molecule has 0 unspecified atom stereocenters. The third-order valence-electron chi connectivity index (χ3n) is 4.10. The van der Waals surface area contributed by atoms with Gasteiger partial charge in [0.25, 0.3) is 0 Å². The predicted molar refractivity (Wildman–Crippen MR) is 86.2 cm³/mol. The molecule has 2 atom stereocenters. The zero-order valence-corrected chi connectivity index (χ0v) is 12.5. The van der Waals surface area contributed by atoms with Crippen molar-refractivity contribution < 1.29 is 0 Å². The van der Waals surface area contributed by atoms with E-state index in [1.54, 1.807) is 6.33 Å². The molecule has 0 bridgehead atoms. The van der Waals surface area contributed by atoms with Crippen LogP contribution in [-0.4, -0.2) is 20.8 Å². The third-order valence-corrected chi connectivity index (χ3v) is 4.31. The van der Waals surface area contributed by atoms with Crippen molar-refractivity contribution in [1.29, 1.82) is 0 Å². The topological polar surface area (TPSA) is 41.9 Å². The molecule has 5 heteroatoms. The Kier molecular flexibility index (Phi) is 3.87. The van der Waals surface area contributed by atoms with E-state index >= 15 is 0 Å². The van der Waals surface area contributed by atoms with Crippen molar-refractivity contribution in [3.8, 4) is 0 Å². The Morgan fingerprint density at radius 2 is 2.10 bits per heavy atom. The quantitative estimate of drug-likeness (QED) is 0.834. The molecule has 0 amide bonds. The van der Waals surface area contributed by atoms with Gasteiger partial charge in [-0.3, -0.25) is 5.43 Å². The summed E-state index contributed by atoms with van der Waals surface area (Å²) in [6.07, 6.45) is 6.88. The molecule has 2 aromatic rings. The molecule has 0 aliphatic heterocycles. The molecule has 0 spiro atoms. The largest absolute Gasteiger partial charge is 0.358 e. The van der Waals surface area contributed by atoms with Crippen LogP contribution in [0.5, 0.6) is 0 Å². The summed E-state index contributed by atoms with van der Waals surface area (Å²) < 4.78 is 1.87. The number of fused-ring (bicyclic) bond motifs is 1. The van der Waals surface area contributed by atoms with E-state index in [4.69, 9.17) is 12.2 Å². The van der Waals surface area contributed by atoms with E-state index in [1.165, 1.54) is 25.7 Å². The number of benzene rings is 1. The monoisotopic (exact) mass is 288 g/mol. The normalized spacial score (nSPS) is 22.6. The van der Waals surface area contributed by atoms with Crippen molar-refractivity contribution in [3.63, 3.8) is 0 Å². The van der Waals surface area contributed by atoms with Crippen molar-refractivity contribution in [2.45, 2.75) is 38.6 Å². The minimum Gasteiger partial charge on any atom is -0.358 e. The molecule has 1 saturated carbocycles. The fraction of sp³-hybridized carbons (Fsp3) is 0.467. The molecule has 1 fully saturated rings. The number of nitrogens with one attached hydrogen (secondary N) is 2. The first kappa shape index (κ1) is 13.4. The Morgan fingerprint density at radius 1 is 1.30 bits per heavy atom. The number of rotatable bonds is 2. The van der Waals surface area contributed by atoms with Crippen LogP contribution in [0.15, 0.2) is 30.6 Å². The van der Waals surface area contributed by atoms with Crippen LogP contribution in [0, 0.1) is 5.92 Å².